The predicted molar refractivity (Wildman–Crippen MR) is 130 cm³/mol. The van der Waals surface area contributed by atoms with Crippen LogP contribution in [0.5, 0.6) is 0 Å². The third kappa shape index (κ3) is 3.48. The number of benzene rings is 2. The second-order valence-electron chi connectivity index (χ2n) is 8.95. The Balaban J connectivity index is 2.11. The van der Waals surface area contributed by atoms with E-state index in [-0.39, 0.29) is 5.69 Å². The molecular formula is C26H27NO4S. The molecule has 0 amide bonds. The van der Waals surface area contributed by atoms with E-state index in [4.69, 9.17) is 9.47 Å². The third-order valence-corrected chi connectivity index (χ3v) is 7.03. The number of rotatable bonds is 2. The fraction of sp³-hybridized carbons (Fsp3) is 0.308. The minimum atomic E-state index is -0.711. The number of methoxy groups -OCH3 is 1. The van der Waals surface area contributed by atoms with Crippen molar-refractivity contribution in [3.63, 3.8) is 0 Å². The number of esters is 1. The minimum absolute atomic E-state index is 0.176. The lowest BCUT2D eigenvalue weighted by Gasteiger charge is -2.20. The van der Waals surface area contributed by atoms with E-state index in [0.29, 0.717) is 11.1 Å². The van der Waals surface area contributed by atoms with Gasteiger partial charge in [-0.05, 0) is 69.7 Å². The number of carbonyl (C=O) groups is 2. The van der Waals surface area contributed by atoms with Gasteiger partial charge in [-0.1, -0.05) is 30.3 Å². The Kier molecular flexibility index (Phi) is 5.37. The second-order valence-corrected chi connectivity index (χ2v) is 10.2. The Bertz CT molecular complexity index is 1380. The average molecular weight is 450 g/mol. The maximum atomic E-state index is 13.2. The molecule has 0 aliphatic carbocycles. The number of hydrogen-bond acceptors (Lipinski definition) is 5. The van der Waals surface area contributed by atoms with Crippen LogP contribution in [-0.4, -0.2) is 29.3 Å². The minimum Gasteiger partial charge on any atom is -0.464 e. The van der Waals surface area contributed by atoms with Crippen LogP contribution in [0, 0.1) is 20.8 Å². The molecule has 0 aliphatic rings. The first kappa shape index (κ1) is 22.1. The molecule has 2 aromatic heterocycles. The maximum absolute atomic E-state index is 13.2. The molecule has 5 nitrogen and oxygen atoms in total. The number of fused-ring (bicyclic) bond motifs is 2. The summed E-state index contributed by atoms with van der Waals surface area (Å²) in [5.41, 5.74) is 3.99. The first-order chi connectivity index (χ1) is 15.0. The van der Waals surface area contributed by atoms with Gasteiger partial charge in [-0.25, -0.2) is 14.2 Å². The van der Waals surface area contributed by atoms with Crippen molar-refractivity contribution in [1.82, 2.24) is 4.57 Å². The number of aromatic nitrogens is 1. The lowest BCUT2D eigenvalue weighted by Crippen LogP contribution is -2.29. The number of carbonyl (C=O) groups excluding carboxylic acids is 2. The van der Waals surface area contributed by atoms with E-state index >= 15 is 0 Å². The molecule has 6 heteroatoms. The quantitative estimate of drug-likeness (QED) is 0.309. The molecule has 0 spiro atoms. The molecule has 4 rings (SSSR count). The smallest absolute Gasteiger partial charge is 0.419 e. The standard InChI is InChI=1S/C26H27NO4S/c1-14-16(3)32-23-15(2)17(12-13-18(14)23)21-19-10-8-9-11-20(19)27(22(21)24(28)30-7)25(29)31-26(4,5)6/h8-13H,1-7H3. The normalized spacial score (nSPS) is 11.8. The summed E-state index contributed by atoms with van der Waals surface area (Å²) in [5.74, 6) is -0.583. The maximum Gasteiger partial charge on any atom is 0.419 e. The zero-order valence-corrected chi connectivity index (χ0v) is 20.3. The molecule has 2 heterocycles. The van der Waals surface area contributed by atoms with Gasteiger partial charge in [0.1, 0.15) is 11.3 Å². The van der Waals surface area contributed by atoms with Gasteiger partial charge < -0.3 is 9.47 Å². The molecule has 0 aliphatic heterocycles. The molecule has 0 unspecified atom stereocenters. The molecule has 32 heavy (non-hydrogen) atoms. The van der Waals surface area contributed by atoms with Gasteiger partial charge in [-0.15, -0.1) is 11.3 Å². The van der Waals surface area contributed by atoms with Crippen molar-refractivity contribution >= 4 is 44.4 Å². The number of thiophene rings is 1. The Morgan fingerprint density at radius 2 is 1.62 bits per heavy atom. The molecule has 0 fully saturated rings. The van der Waals surface area contributed by atoms with E-state index in [9.17, 15) is 9.59 Å². The summed E-state index contributed by atoms with van der Waals surface area (Å²) in [7, 11) is 1.32. The first-order valence-corrected chi connectivity index (χ1v) is 11.3. The highest BCUT2D eigenvalue weighted by Crippen LogP contribution is 2.42. The van der Waals surface area contributed by atoms with E-state index in [0.717, 1.165) is 16.5 Å². The number of hydrogen-bond donors (Lipinski definition) is 0. The SMILES string of the molecule is COC(=O)c1c(-c2ccc3c(C)c(C)sc3c2C)c2ccccc2n1C(=O)OC(C)(C)C. The van der Waals surface area contributed by atoms with Crippen molar-refractivity contribution in [3.05, 3.63) is 58.1 Å². The van der Waals surface area contributed by atoms with Crippen molar-refractivity contribution in [3.8, 4) is 11.1 Å². The highest BCUT2D eigenvalue weighted by molar-refractivity contribution is 7.19. The van der Waals surface area contributed by atoms with Crippen LogP contribution in [0.2, 0.25) is 0 Å². The zero-order valence-electron chi connectivity index (χ0n) is 19.5. The summed E-state index contributed by atoms with van der Waals surface area (Å²) in [6, 6.07) is 11.6. The van der Waals surface area contributed by atoms with Gasteiger partial charge in [0.25, 0.3) is 0 Å². The van der Waals surface area contributed by atoms with Crippen LogP contribution in [0.15, 0.2) is 36.4 Å². The van der Waals surface area contributed by atoms with Crippen LogP contribution in [0.25, 0.3) is 32.1 Å². The van der Waals surface area contributed by atoms with Crippen molar-refractivity contribution in [2.75, 3.05) is 7.11 Å². The van der Waals surface area contributed by atoms with Gasteiger partial charge in [0.15, 0.2) is 0 Å². The fourth-order valence-electron chi connectivity index (χ4n) is 4.11. The van der Waals surface area contributed by atoms with E-state index in [1.807, 2.05) is 30.3 Å². The van der Waals surface area contributed by atoms with Crippen molar-refractivity contribution in [2.45, 2.75) is 47.1 Å². The fourth-order valence-corrected chi connectivity index (χ4v) is 5.27. The molecular weight excluding hydrogens is 422 g/mol. The van der Waals surface area contributed by atoms with E-state index in [1.165, 1.54) is 32.2 Å². The van der Waals surface area contributed by atoms with Crippen LogP contribution in [0.1, 0.15) is 47.3 Å². The summed E-state index contributed by atoms with van der Waals surface area (Å²) in [6.07, 6.45) is -0.609. The molecule has 0 bridgehead atoms. The Hall–Kier alpha value is -3.12. The summed E-state index contributed by atoms with van der Waals surface area (Å²) >= 11 is 1.75. The number of ether oxygens (including phenoxy) is 2. The monoisotopic (exact) mass is 449 g/mol. The first-order valence-electron chi connectivity index (χ1n) is 10.5. The van der Waals surface area contributed by atoms with Gasteiger partial charge >= 0.3 is 12.1 Å². The summed E-state index contributed by atoms with van der Waals surface area (Å²) < 4.78 is 13.3. The molecule has 4 aromatic rings. The molecule has 0 radical (unpaired) electrons. The molecule has 0 saturated carbocycles. The van der Waals surface area contributed by atoms with Crippen molar-refractivity contribution < 1.29 is 19.1 Å². The highest BCUT2D eigenvalue weighted by Gasteiger charge is 2.31. The number of aryl methyl sites for hydroxylation is 3. The van der Waals surface area contributed by atoms with Crippen LogP contribution in [0.3, 0.4) is 0 Å². The Morgan fingerprint density at radius 1 is 0.938 bits per heavy atom. The average Bonchev–Trinajstić information content (AvgIpc) is 3.22. The molecule has 166 valence electrons. The second kappa shape index (κ2) is 7.78. The van der Waals surface area contributed by atoms with Gasteiger partial charge in [0.2, 0.25) is 0 Å². The van der Waals surface area contributed by atoms with Crippen LogP contribution in [0.4, 0.5) is 4.79 Å². The summed E-state index contributed by atoms with van der Waals surface area (Å²) in [5, 5.41) is 2.01. The van der Waals surface area contributed by atoms with Crippen LogP contribution >= 0.6 is 11.3 Å². The molecule has 0 atom stereocenters. The number of nitrogens with zero attached hydrogens (tertiary/aromatic N) is 1. The van der Waals surface area contributed by atoms with E-state index in [1.54, 1.807) is 32.1 Å². The van der Waals surface area contributed by atoms with Crippen molar-refractivity contribution in [2.24, 2.45) is 0 Å². The topological polar surface area (TPSA) is 57.5 Å². The molecule has 0 saturated heterocycles. The zero-order chi connectivity index (χ0) is 23.4. The lowest BCUT2D eigenvalue weighted by molar-refractivity contribution is 0.0490. The highest BCUT2D eigenvalue weighted by atomic mass is 32.1. The number of para-hydroxylation sites is 1. The summed E-state index contributed by atoms with van der Waals surface area (Å²) in [6.45, 7) is 11.7. The van der Waals surface area contributed by atoms with Gasteiger partial charge in [-0.3, -0.25) is 0 Å². The van der Waals surface area contributed by atoms with Gasteiger partial charge in [0.05, 0.1) is 12.6 Å². The van der Waals surface area contributed by atoms with Crippen LogP contribution < -0.4 is 0 Å². The van der Waals surface area contributed by atoms with Crippen molar-refractivity contribution in [1.29, 1.82) is 0 Å². The van der Waals surface area contributed by atoms with Gasteiger partial charge in [0, 0.05) is 20.5 Å². The third-order valence-electron chi connectivity index (χ3n) is 5.69. The molecule has 0 N–H and O–H groups in total. The largest absolute Gasteiger partial charge is 0.464 e. The Labute approximate surface area is 191 Å². The van der Waals surface area contributed by atoms with Gasteiger partial charge in [-0.2, -0.15) is 0 Å². The lowest BCUT2D eigenvalue weighted by atomic mass is 9.95. The molecule has 2 aromatic carbocycles. The Morgan fingerprint density at radius 3 is 2.28 bits per heavy atom. The summed E-state index contributed by atoms with van der Waals surface area (Å²) in [4.78, 5) is 27.6. The van der Waals surface area contributed by atoms with Crippen LogP contribution in [-0.2, 0) is 9.47 Å². The van der Waals surface area contributed by atoms with E-state index < -0.39 is 17.7 Å². The predicted octanol–water partition coefficient (Wildman–Crippen LogP) is 7.02. The van der Waals surface area contributed by atoms with E-state index in [2.05, 4.69) is 26.8 Å².